The van der Waals surface area contributed by atoms with Gasteiger partial charge in [-0.2, -0.15) is 9.78 Å². The van der Waals surface area contributed by atoms with Gasteiger partial charge in [0.1, 0.15) is 5.69 Å². The van der Waals surface area contributed by atoms with Crippen molar-refractivity contribution < 1.29 is 4.79 Å². The molecule has 2 heterocycles. The van der Waals surface area contributed by atoms with Gasteiger partial charge in [-0.25, -0.2) is 4.98 Å². The summed E-state index contributed by atoms with van der Waals surface area (Å²) in [6, 6.07) is 7.77. The topological polar surface area (TPSA) is 68.1 Å². The lowest BCUT2D eigenvalue weighted by molar-refractivity contribution is 0.0983. The summed E-state index contributed by atoms with van der Waals surface area (Å²) in [7, 11) is 0. The molecule has 6 nitrogen and oxygen atoms in total. The zero-order valence-electron chi connectivity index (χ0n) is 13.7. The number of halogens is 1. The summed E-state index contributed by atoms with van der Waals surface area (Å²) < 4.78 is 1.13. The van der Waals surface area contributed by atoms with Gasteiger partial charge in [-0.05, 0) is 30.7 Å². The lowest BCUT2D eigenvalue weighted by Crippen LogP contribution is -2.34. The zero-order chi connectivity index (χ0) is 18.7. The third kappa shape index (κ3) is 3.52. The van der Waals surface area contributed by atoms with Crippen molar-refractivity contribution in [1.29, 1.82) is 0 Å². The Labute approximate surface area is 158 Å². The lowest BCUT2D eigenvalue weighted by atomic mass is 10.2. The van der Waals surface area contributed by atoms with Crippen LogP contribution in [0.2, 0.25) is 5.02 Å². The molecule has 0 N–H and O–H groups in total. The summed E-state index contributed by atoms with van der Waals surface area (Å²) in [5.74, 6) is 2.00. The number of rotatable bonds is 4. The maximum Gasteiger partial charge on any atom is 0.281 e. The molecule has 0 fully saturated rings. The SMILES string of the molecule is C#CCN(C(=O)c1ccc(=O)n(-c2ccc(C)c(Cl)c2)n1)c1nccs1. The fraction of sp³-hybridized carbons (Fsp3) is 0.111. The molecular weight excluding hydrogens is 372 g/mol. The Balaban J connectivity index is 2.03. The van der Waals surface area contributed by atoms with Crippen LogP contribution in [0.3, 0.4) is 0 Å². The van der Waals surface area contributed by atoms with Gasteiger partial charge in [-0.15, -0.1) is 17.8 Å². The first-order valence-electron chi connectivity index (χ1n) is 7.53. The van der Waals surface area contributed by atoms with Gasteiger partial charge in [0.15, 0.2) is 5.13 Å². The minimum atomic E-state index is -0.440. The second kappa shape index (κ2) is 7.52. The normalized spacial score (nSPS) is 10.3. The number of carbonyl (C=O) groups excluding carboxylic acids is 1. The third-order valence-electron chi connectivity index (χ3n) is 3.56. The quantitative estimate of drug-likeness (QED) is 0.648. The van der Waals surface area contributed by atoms with Crippen molar-refractivity contribution in [2.45, 2.75) is 6.92 Å². The van der Waals surface area contributed by atoms with E-state index in [4.69, 9.17) is 18.0 Å². The van der Waals surface area contributed by atoms with Gasteiger partial charge in [0.25, 0.3) is 11.5 Å². The highest BCUT2D eigenvalue weighted by atomic mass is 35.5. The predicted octanol–water partition coefficient (Wildman–Crippen LogP) is 2.93. The first kappa shape index (κ1) is 17.9. The van der Waals surface area contributed by atoms with E-state index in [-0.39, 0.29) is 17.8 Å². The van der Waals surface area contributed by atoms with E-state index in [0.29, 0.717) is 15.8 Å². The van der Waals surface area contributed by atoms with Crippen LogP contribution in [0.1, 0.15) is 16.1 Å². The largest absolute Gasteiger partial charge is 0.281 e. The van der Waals surface area contributed by atoms with Crippen molar-refractivity contribution in [3.63, 3.8) is 0 Å². The Hall–Kier alpha value is -2.95. The predicted molar refractivity (Wildman–Crippen MR) is 102 cm³/mol. The second-order valence-electron chi connectivity index (χ2n) is 5.31. The second-order valence-corrected chi connectivity index (χ2v) is 6.59. The molecule has 1 amide bonds. The van der Waals surface area contributed by atoms with Crippen LogP contribution in [-0.4, -0.2) is 27.2 Å². The Morgan fingerprint density at radius 1 is 1.38 bits per heavy atom. The van der Waals surface area contributed by atoms with Crippen LogP contribution in [0.25, 0.3) is 5.69 Å². The molecule has 8 heteroatoms. The van der Waals surface area contributed by atoms with E-state index in [9.17, 15) is 9.59 Å². The molecule has 0 saturated heterocycles. The van der Waals surface area contributed by atoms with E-state index >= 15 is 0 Å². The monoisotopic (exact) mass is 384 g/mol. The maximum absolute atomic E-state index is 12.8. The standard InChI is InChI=1S/C18H13ClN4O2S/c1-3-9-22(18-20-8-10-26-18)17(25)15-6-7-16(24)23(21-15)13-5-4-12(2)14(19)11-13/h1,4-8,10-11H,9H2,2H3. The van der Waals surface area contributed by atoms with Crippen LogP contribution in [0.15, 0.2) is 46.7 Å². The van der Waals surface area contributed by atoms with E-state index in [1.165, 1.54) is 28.4 Å². The number of aromatic nitrogens is 3. The molecule has 26 heavy (non-hydrogen) atoms. The number of amides is 1. The maximum atomic E-state index is 12.8. The number of terminal acetylenes is 1. The first-order valence-corrected chi connectivity index (χ1v) is 8.79. The molecule has 1 aromatic carbocycles. The van der Waals surface area contributed by atoms with Crippen molar-refractivity contribution in [2.24, 2.45) is 0 Å². The molecule has 0 aliphatic heterocycles. The molecule has 130 valence electrons. The van der Waals surface area contributed by atoms with Gasteiger partial charge < -0.3 is 0 Å². The van der Waals surface area contributed by atoms with Crippen LogP contribution < -0.4 is 10.5 Å². The summed E-state index contributed by atoms with van der Waals surface area (Å²) in [4.78, 5) is 30.5. The van der Waals surface area contributed by atoms with E-state index in [1.807, 2.05) is 6.92 Å². The van der Waals surface area contributed by atoms with E-state index < -0.39 is 5.91 Å². The van der Waals surface area contributed by atoms with Crippen molar-refractivity contribution in [3.05, 3.63) is 68.5 Å². The highest BCUT2D eigenvalue weighted by Gasteiger charge is 2.21. The van der Waals surface area contributed by atoms with Crippen molar-refractivity contribution in [3.8, 4) is 18.0 Å². The summed E-state index contributed by atoms with van der Waals surface area (Å²) in [6.07, 6.45) is 6.95. The highest BCUT2D eigenvalue weighted by Crippen LogP contribution is 2.20. The fourth-order valence-electron chi connectivity index (χ4n) is 2.23. The summed E-state index contributed by atoms with van der Waals surface area (Å²) in [5.41, 5.74) is 1.05. The molecule has 0 aliphatic carbocycles. The molecule has 0 unspecified atom stereocenters. The van der Waals surface area contributed by atoms with E-state index in [2.05, 4.69) is 16.0 Å². The van der Waals surface area contributed by atoms with Crippen LogP contribution >= 0.6 is 22.9 Å². The molecule has 0 radical (unpaired) electrons. The molecule has 0 atom stereocenters. The molecule has 3 aromatic rings. The molecule has 0 bridgehead atoms. The van der Waals surface area contributed by atoms with Crippen LogP contribution in [-0.2, 0) is 0 Å². The molecule has 0 saturated carbocycles. The van der Waals surface area contributed by atoms with Gasteiger partial charge in [0.2, 0.25) is 0 Å². The number of thiazole rings is 1. The van der Waals surface area contributed by atoms with Gasteiger partial charge >= 0.3 is 0 Å². The number of nitrogens with zero attached hydrogens (tertiary/aromatic N) is 4. The molecule has 2 aromatic heterocycles. The summed E-state index contributed by atoms with van der Waals surface area (Å²) in [6.45, 7) is 1.90. The van der Waals surface area contributed by atoms with Gasteiger partial charge in [0.05, 0.1) is 12.2 Å². The molecular formula is C18H13ClN4O2S. The van der Waals surface area contributed by atoms with E-state index in [1.54, 1.807) is 29.8 Å². The summed E-state index contributed by atoms with van der Waals surface area (Å²) >= 11 is 7.42. The minimum absolute atomic E-state index is 0.0452. The Kier molecular flexibility index (Phi) is 5.16. The number of benzene rings is 1. The number of carbonyl (C=O) groups is 1. The average molecular weight is 385 g/mol. The molecule has 0 aliphatic rings. The van der Waals surface area contributed by atoms with Crippen molar-refractivity contribution in [1.82, 2.24) is 14.8 Å². The number of aryl methyl sites for hydroxylation is 1. The summed E-state index contributed by atoms with van der Waals surface area (Å²) in [5, 5.41) is 6.90. The number of anilines is 1. The Morgan fingerprint density at radius 2 is 2.19 bits per heavy atom. The minimum Gasteiger partial charge on any atom is -0.271 e. The van der Waals surface area contributed by atoms with Gasteiger partial charge in [-0.3, -0.25) is 14.5 Å². The average Bonchev–Trinajstić information content (AvgIpc) is 3.16. The van der Waals surface area contributed by atoms with Crippen LogP contribution in [0.5, 0.6) is 0 Å². The Bertz CT molecular complexity index is 1050. The fourth-order valence-corrected chi connectivity index (χ4v) is 3.04. The van der Waals surface area contributed by atoms with Crippen molar-refractivity contribution >= 4 is 34.0 Å². The molecule has 3 rings (SSSR count). The Morgan fingerprint density at radius 3 is 2.85 bits per heavy atom. The highest BCUT2D eigenvalue weighted by molar-refractivity contribution is 7.13. The van der Waals surface area contributed by atoms with Crippen LogP contribution in [0.4, 0.5) is 5.13 Å². The van der Waals surface area contributed by atoms with Crippen LogP contribution in [0, 0.1) is 19.3 Å². The number of hydrogen-bond donors (Lipinski definition) is 0. The van der Waals surface area contributed by atoms with E-state index in [0.717, 1.165) is 10.2 Å². The van der Waals surface area contributed by atoms with Gasteiger partial charge in [-0.1, -0.05) is 23.6 Å². The molecule has 0 spiro atoms. The lowest BCUT2D eigenvalue weighted by Gasteiger charge is -2.17. The zero-order valence-corrected chi connectivity index (χ0v) is 15.3. The first-order chi connectivity index (χ1) is 12.5. The van der Waals surface area contributed by atoms with Gasteiger partial charge in [0, 0.05) is 22.7 Å². The third-order valence-corrected chi connectivity index (χ3v) is 4.77. The van der Waals surface area contributed by atoms with Crippen molar-refractivity contribution in [2.75, 3.05) is 11.4 Å². The smallest absolute Gasteiger partial charge is 0.271 e. The number of hydrogen-bond acceptors (Lipinski definition) is 5.